The second kappa shape index (κ2) is 10.1. The van der Waals surface area contributed by atoms with Gasteiger partial charge in [-0.05, 0) is 55.2 Å². The fraction of sp³-hybridized carbons (Fsp3) is 0.708. The summed E-state index contributed by atoms with van der Waals surface area (Å²) in [6.45, 7) is 4.40. The highest BCUT2D eigenvalue weighted by Gasteiger charge is 2.37. The van der Waals surface area contributed by atoms with Crippen molar-refractivity contribution in [2.45, 2.75) is 50.4 Å². The lowest BCUT2D eigenvalue weighted by molar-refractivity contribution is 0.0513. The highest BCUT2D eigenvalue weighted by Crippen LogP contribution is 2.41. The zero-order valence-corrected chi connectivity index (χ0v) is 19.0. The van der Waals surface area contributed by atoms with Crippen LogP contribution in [0.4, 0.5) is 0 Å². The molecule has 0 amide bonds. The number of fused-ring (bicyclic) bond motifs is 1. The molecule has 0 bridgehead atoms. The van der Waals surface area contributed by atoms with Gasteiger partial charge in [-0.1, -0.05) is 18.9 Å². The van der Waals surface area contributed by atoms with E-state index in [1.54, 1.807) is 7.11 Å². The molecule has 1 saturated carbocycles. The lowest BCUT2D eigenvalue weighted by Gasteiger charge is -2.38. The van der Waals surface area contributed by atoms with Crippen LogP contribution in [0.15, 0.2) is 23.2 Å². The van der Waals surface area contributed by atoms with Crippen molar-refractivity contribution in [3.8, 4) is 11.5 Å². The first-order valence-electron chi connectivity index (χ1n) is 11.6. The van der Waals surface area contributed by atoms with Gasteiger partial charge in [0.15, 0.2) is 17.5 Å². The number of aliphatic imine (C=N–C) groups is 1. The van der Waals surface area contributed by atoms with Gasteiger partial charge in [0.05, 0.1) is 0 Å². The number of hydrogen-bond acceptors (Lipinski definition) is 5. The van der Waals surface area contributed by atoms with Gasteiger partial charge in [0.25, 0.3) is 0 Å². The smallest absolute Gasteiger partial charge is 0.231 e. The third kappa shape index (κ3) is 5.09. The van der Waals surface area contributed by atoms with Gasteiger partial charge in [-0.3, -0.25) is 4.99 Å². The zero-order chi connectivity index (χ0) is 21.6. The molecule has 2 fully saturated rings. The van der Waals surface area contributed by atoms with Crippen molar-refractivity contribution in [1.82, 2.24) is 10.6 Å². The Morgan fingerprint density at radius 3 is 2.52 bits per heavy atom. The van der Waals surface area contributed by atoms with Crippen LogP contribution >= 0.6 is 0 Å². The Kier molecular flexibility index (Phi) is 7.23. The highest BCUT2D eigenvalue weighted by atomic mass is 16.7. The molecule has 0 radical (unpaired) electrons. The van der Waals surface area contributed by atoms with E-state index >= 15 is 0 Å². The number of rotatable bonds is 8. The molecule has 7 heteroatoms. The Bertz CT molecular complexity index is 755. The Morgan fingerprint density at radius 1 is 1.03 bits per heavy atom. The first-order chi connectivity index (χ1) is 15.2. The van der Waals surface area contributed by atoms with Gasteiger partial charge in [-0.2, -0.15) is 0 Å². The first-order valence-corrected chi connectivity index (χ1v) is 11.6. The molecule has 1 aliphatic carbocycles. The molecular weight excluding hydrogens is 394 g/mol. The fourth-order valence-electron chi connectivity index (χ4n) is 5.26. The average Bonchev–Trinajstić information content (AvgIpc) is 3.48. The van der Waals surface area contributed by atoms with Crippen molar-refractivity contribution in [2.24, 2.45) is 10.4 Å². The van der Waals surface area contributed by atoms with Gasteiger partial charge < -0.3 is 29.6 Å². The van der Waals surface area contributed by atoms with Crippen molar-refractivity contribution < 1.29 is 18.9 Å². The third-order valence-corrected chi connectivity index (χ3v) is 7.38. The summed E-state index contributed by atoms with van der Waals surface area (Å²) in [7, 11) is 3.64. The minimum atomic E-state index is -0.0159. The van der Waals surface area contributed by atoms with Crippen LogP contribution in [-0.4, -0.2) is 59.8 Å². The average molecular weight is 432 g/mol. The van der Waals surface area contributed by atoms with Crippen molar-refractivity contribution >= 4 is 5.96 Å². The maximum atomic E-state index is 5.70. The summed E-state index contributed by atoms with van der Waals surface area (Å²) in [5.41, 5.74) is 1.58. The van der Waals surface area contributed by atoms with E-state index in [4.69, 9.17) is 18.9 Å². The Balaban J connectivity index is 1.41. The van der Waals surface area contributed by atoms with Gasteiger partial charge >= 0.3 is 0 Å². The molecule has 31 heavy (non-hydrogen) atoms. The first kappa shape index (κ1) is 22.2. The molecular formula is C24H37N3O4. The van der Waals surface area contributed by atoms with Gasteiger partial charge in [-0.15, -0.1) is 0 Å². The van der Waals surface area contributed by atoms with E-state index in [0.29, 0.717) is 12.2 Å². The molecule has 1 aromatic carbocycles. The van der Waals surface area contributed by atoms with E-state index in [1.807, 2.05) is 13.1 Å². The molecule has 0 unspecified atom stereocenters. The maximum absolute atomic E-state index is 5.70. The molecule has 1 aromatic rings. The van der Waals surface area contributed by atoms with Crippen LogP contribution in [0.5, 0.6) is 11.5 Å². The fourth-order valence-corrected chi connectivity index (χ4v) is 5.26. The van der Waals surface area contributed by atoms with Gasteiger partial charge in [-0.25, -0.2) is 0 Å². The van der Waals surface area contributed by atoms with Crippen LogP contribution in [-0.2, 0) is 14.9 Å². The van der Waals surface area contributed by atoms with Gasteiger partial charge in [0.2, 0.25) is 6.79 Å². The van der Waals surface area contributed by atoms with E-state index < -0.39 is 0 Å². The van der Waals surface area contributed by atoms with E-state index in [2.05, 4.69) is 27.8 Å². The topological polar surface area (TPSA) is 73.3 Å². The predicted octanol–water partition coefficient (Wildman–Crippen LogP) is 3.23. The Labute approximate surface area is 185 Å². The molecule has 172 valence electrons. The van der Waals surface area contributed by atoms with E-state index in [9.17, 15) is 0 Å². The lowest BCUT2D eigenvalue weighted by Crippen LogP contribution is -2.49. The molecule has 2 aliphatic heterocycles. The monoisotopic (exact) mass is 431 g/mol. The molecule has 7 nitrogen and oxygen atoms in total. The van der Waals surface area contributed by atoms with E-state index in [-0.39, 0.29) is 5.41 Å². The Morgan fingerprint density at radius 2 is 1.77 bits per heavy atom. The van der Waals surface area contributed by atoms with Crippen molar-refractivity contribution in [3.05, 3.63) is 23.8 Å². The molecule has 2 N–H and O–H groups in total. The number of methoxy groups -OCH3 is 1. The van der Waals surface area contributed by atoms with Gasteiger partial charge in [0, 0.05) is 52.5 Å². The summed E-state index contributed by atoms with van der Waals surface area (Å²) >= 11 is 0. The van der Waals surface area contributed by atoms with Crippen molar-refractivity contribution in [3.63, 3.8) is 0 Å². The molecule has 3 aliphatic rings. The number of benzene rings is 1. The van der Waals surface area contributed by atoms with Gasteiger partial charge in [0.1, 0.15) is 0 Å². The maximum Gasteiger partial charge on any atom is 0.231 e. The van der Waals surface area contributed by atoms with Crippen molar-refractivity contribution in [1.29, 1.82) is 0 Å². The number of nitrogens with zero attached hydrogens (tertiary/aromatic N) is 1. The summed E-state index contributed by atoms with van der Waals surface area (Å²) in [6, 6.07) is 6.35. The minimum Gasteiger partial charge on any atom is -0.454 e. The quantitative estimate of drug-likeness (QED) is 0.486. The Hall–Kier alpha value is -1.99. The molecule has 4 rings (SSSR count). The molecule has 0 atom stereocenters. The van der Waals surface area contributed by atoms with Crippen LogP contribution in [0.3, 0.4) is 0 Å². The summed E-state index contributed by atoms with van der Waals surface area (Å²) in [4.78, 5) is 4.51. The van der Waals surface area contributed by atoms with Crippen LogP contribution < -0.4 is 20.1 Å². The predicted molar refractivity (Wildman–Crippen MR) is 121 cm³/mol. The van der Waals surface area contributed by atoms with Crippen LogP contribution in [0.25, 0.3) is 0 Å². The normalized spacial score (nSPS) is 21.8. The third-order valence-electron chi connectivity index (χ3n) is 7.38. The summed E-state index contributed by atoms with van der Waals surface area (Å²) in [6.07, 6.45) is 8.18. The zero-order valence-electron chi connectivity index (χ0n) is 19.0. The summed E-state index contributed by atoms with van der Waals surface area (Å²) in [5.74, 6) is 2.54. The standard InChI is InChI=1S/C24H37N3O4/c1-25-22(26-16-23(9-12-28-2)7-3-4-8-23)27-17-24(10-13-29-14-11-24)19-5-6-20-21(15-19)31-18-30-20/h5-6,15H,3-4,7-14,16-18H2,1-2H3,(H2,25,26,27). The lowest BCUT2D eigenvalue weighted by atomic mass is 9.74. The van der Waals surface area contributed by atoms with Crippen LogP contribution in [0.2, 0.25) is 0 Å². The SMILES string of the molecule is CN=C(NCC1(CCOC)CCCC1)NCC1(c2ccc3c(c2)OCO3)CCOCC1. The van der Waals surface area contributed by atoms with Crippen LogP contribution in [0, 0.1) is 5.41 Å². The summed E-state index contributed by atoms with van der Waals surface area (Å²) in [5, 5.41) is 7.24. The number of hydrogen-bond donors (Lipinski definition) is 2. The second-order valence-corrected chi connectivity index (χ2v) is 9.19. The number of guanidine groups is 1. The summed E-state index contributed by atoms with van der Waals surface area (Å²) < 4.78 is 22.2. The number of ether oxygens (including phenoxy) is 4. The second-order valence-electron chi connectivity index (χ2n) is 9.19. The van der Waals surface area contributed by atoms with E-state index in [1.165, 1.54) is 31.2 Å². The van der Waals surface area contributed by atoms with Crippen molar-refractivity contribution in [2.75, 3.05) is 53.9 Å². The largest absolute Gasteiger partial charge is 0.454 e. The molecule has 1 saturated heterocycles. The highest BCUT2D eigenvalue weighted by molar-refractivity contribution is 5.79. The molecule has 2 heterocycles. The van der Waals surface area contributed by atoms with Crippen LogP contribution in [0.1, 0.15) is 50.5 Å². The number of nitrogens with one attached hydrogen (secondary N) is 2. The molecule has 0 aromatic heterocycles. The molecule has 0 spiro atoms. The minimum absolute atomic E-state index is 0.0159. The van der Waals surface area contributed by atoms with E-state index in [0.717, 1.165) is 69.6 Å².